The molecule has 14 heavy (non-hydrogen) atoms. The number of benzene rings is 1. The van der Waals surface area contributed by atoms with Crippen molar-refractivity contribution in [1.82, 2.24) is 0 Å². The number of hydrogen-bond donors (Lipinski definition) is 2. The number of hydrogen-bond acceptors (Lipinski definition) is 2. The molecule has 0 radical (unpaired) electrons. The highest BCUT2D eigenvalue weighted by Crippen LogP contribution is 2.42. The first-order valence-corrected chi connectivity index (χ1v) is 4.99. The van der Waals surface area contributed by atoms with E-state index in [0.717, 1.165) is 0 Å². The first-order valence-electron chi connectivity index (χ1n) is 4.19. The molecule has 1 aromatic carbocycles. The van der Waals surface area contributed by atoms with Crippen molar-refractivity contribution in [2.24, 2.45) is 5.73 Å². The van der Waals surface area contributed by atoms with Gasteiger partial charge in [0.1, 0.15) is 0 Å². The maximum absolute atomic E-state index is 13.6. The Labute approximate surface area is 88.6 Å². The minimum absolute atomic E-state index is 0.0365. The lowest BCUT2D eigenvalue weighted by Crippen LogP contribution is -2.47. The smallest absolute Gasteiger partial charge is 0.291 e. The summed E-state index contributed by atoms with van der Waals surface area (Å²) in [6.45, 7) is 0.0859. The van der Waals surface area contributed by atoms with Crippen LogP contribution in [-0.2, 0) is 5.92 Å². The Morgan fingerprint density at radius 1 is 1.50 bits per heavy atom. The molecule has 0 fully saturated rings. The van der Waals surface area contributed by atoms with Crippen LogP contribution in [0.4, 0.5) is 14.5 Å². The van der Waals surface area contributed by atoms with Gasteiger partial charge >= 0.3 is 0 Å². The van der Waals surface area contributed by atoms with Gasteiger partial charge in [0.05, 0.1) is 11.7 Å². The molecule has 1 aliphatic heterocycles. The number of para-hydroxylation sites is 1. The molecule has 2 nitrogen and oxygen atoms in total. The minimum atomic E-state index is -2.95. The number of fused-ring (bicyclic) bond motifs is 1. The summed E-state index contributed by atoms with van der Waals surface area (Å²) in [5.74, 6) is -2.95. The van der Waals surface area contributed by atoms with E-state index in [2.05, 4.69) is 21.2 Å². The lowest BCUT2D eigenvalue weighted by molar-refractivity contribution is -0.0300. The molecule has 1 unspecified atom stereocenters. The molecule has 0 aromatic heterocycles. The second-order valence-corrected chi connectivity index (χ2v) is 4.13. The summed E-state index contributed by atoms with van der Waals surface area (Å²) in [7, 11) is 0. The number of rotatable bonds is 0. The Bertz CT molecular complexity index is 368. The molecule has 0 spiro atoms. The summed E-state index contributed by atoms with van der Waals surface area (Å²) < 4.78 is 27.8. The van der Waals surface area contributed by atoms with E-state index in [-0.39, 0.29) is 12.1 Å². The molecule has 76 valence electrons. The molecule has 1 heterocycles. The van der Waals surface area contributed by atoms with Crippen molar-refractivity contribution in [3.63, 3.8) is 0 Å². The van der Waals surface area contributed by atoms with E-state index in [1.54, 1.807) is 12.1 Å². The quantitative estimate of drug-likeness (QED) is 0.753. The van der Waals surface area contributed by atoms with Crippen LogP contribution in [0.1, 0.15) is 5.56 Å². The van der Waals surface area contributed by atoms with Gasteiger partial charge in [0.25, 0.3) is 5.92 Å². The van der Waals surface area contributed by atoms with Gasteiger partial charge in [-0.1, -0.05) is 12.1 Å². The molecular formula is C9H9BrF2N2. The predicted molar refractivity (Wildman–Crippen MR) is 54.5 cm³/mol. The van der Waals surface area contributed by atoms with Crippen LogP contribution in [0.3, 0.4) is 0 Å². The third kappa shape index (κ3) is 1.31. The van der Waals surface area contributed by atoms with E-state index in [1.807, 2.05) is 0 Å². The fourth-order valence-corrected chi connectivity index (χ4v) is 2.03. The molecule has 1 aromatic rings. The number of halogens is 3. The molecule has 3 N–H and O–H groups in total. The summed E-state index contributed by atoms with van der Waals surface area (Å²) >= 11 is 3.22. The number of alkyl halides is 2. The molecule has 0 saturated carbocycles. The highest BCUT2D eigenvalue weighted by Gasteiger charge is 2.44. The maximum Gasteiger partial charge on any atom is 0.291 e. The van der Waals surface area contributed by atoms with Crippen LogP contribution in [0.5, 0.6) is 0 Å². The van der Waals surface area contributed by atoms with Crippen LogP contribution in [0.25, 0.3) is 0 Å². The van der Waals surface area contributed by atoms with Crippen molar-refractivity contribution in [3.05, 3.63) is 28.2 Å². The summed E-state index contributed by atoms with van der Waals surface area (Å²) in [4.78, 5) is 0. The Morgan fingerprint density at radius 3 is 2.93 bits per heavy atom. The number of nitrogens with two attached hydrogens (primary N) is 1. The van der Waals surface area contributed by atoms with Gasteiger partial charge in [-0.15, -0.1) is 0 Å². The fraction of sp³-hybridized carbons (Fsp3) is 0.333. The molecule has 1 aliphatic rings. The maximum atomic E-state index is 13.6. The summed E-state index contributed by atoms with van der Waals surface area (Å²) in [6.07, 6.45) is 0. The van der Waals surface area contributed by atoms with Gasteiger partial charge < -0.3 is 11.1 Å². The van der Waals surface area contributed by atoms with E-state index < -0.39 is 12.0 Å². The van der Waals surface area contributed by atoms with Gasteiger partial charge in [0, 0.05) is 16.6 Å². The second kappa shape index (κ2) is 3.17. The van der Waals surface area contributed by atoms with Crippen molar-refractivity contribution >= 4 is 21.6 Å². The SMILES string of the molecule is NC1CNc2c(Br)cccc2C1(F)F. The predicted octanol–water partition coefficient (Wildman–Crippen LogP) is 2.29. The molecule has 2 rings (SSSR count). The van der Waals surface area contributed by atoms with Gasteiger partial charge in [-0.05, 0) is 22.0 Å². The van der Waals surface area contributed by atoms with E-state index in [1.165, 1.54) is 6.07 Å². The average molecular weight is 263 g/mol. The molecule has 1 atom stereocenters. The van der Waals surface area contributed by atoms with Crippen molar-refractivity contribution in [2.75, 3.05) is 11.9 Å². The Balaban J connectivity index is 2.59. The summed E-state index contributed by atoms with van der Waals surface area (Å²) in [5.41, 5.74) is 5.76. The zero-order valence-electron chi connectivity index (χ0n) is 7.23. The molecular weight excluding hydrogens is 254 g/mol. The molecule has 0 aliphatic carbocycles. The van der Waals surface area contributed by atoms with E-state index >= 15 is 0 Å². The lowest BCUT2D eigenvalue weighted by atomic mass is 9.96. The zero-order chi connectivity index (χ0) is 10.3. The Kier molecular flexibility index (Phi) is 2.23. The number of nitrogens with one attached hydrogen (secondary N) is 1. The van der Waals surface area contributed by atoms with E-state index in [9.17, 15) is 8.78 Å². The molecule has 0 saturated heterocycles. The fourth-order valence-electron chi connectivity index (χ4n) is 1.52. The van der Waals surface area contributed by atoms with Crippen LogP contribution >= 0.6 is 15.9 Å². The molecule has 0 bridgehead atoms. The highest BCUT2D eigenvalue weighted by molar-refractivity contribution is 9.10. The monoisotopic (exact) mass is 262 g/mol. The van der Waals surface area contributed by atoms with Gasteiger partial charge in [-0.25, -0.2) is 0 Å². The topological polar surface area (TPSA) is 38.0 Å². The van der Waals surface area contributed by atoms with Gasteiger partial charge in [0.2, 0.25) is 0 Å². The number of anilines is 1. The third-order valence-corrected chi connectivity index (χ3v) is 3.00. The Hall–Kier alpha value is -0.680. The van der Waals surface area contributed by atoms with Gasteiger partial charge in [-0.2, -0.15) is 8.78 Å². The van der Waals surface area contributed by atoms with Crippen molar-refractivity contribution in [1.29, 1.82) is 0 Å². The third-order valence-electron chi connectivity index (χ3n) is 2.34. The van der Waals surface area contributed by atoms with Gasteiger partial charge in [0.15, 0.2) is 0 Å². The van der Waals surface area contributed by atoms with Crippen LogP contribution in [0, 0.1) is 0 Å². The van der Waals surface area contributed by atoms with E-state index in [4.69, 9.17) is 5.73 Å². The average Bonchev–Trinajstić information content (AvgIpc) is 2.13. The normalized spacial score (nSPS) is 23.9. The zero-order valence-corrected chi connectivity index (χ0v) is 8.81. The van der Waals surface area contributed by atoms with E-state index in [0.29, 0.717) is 10.2 Å². The minimum Gasteiger partial charge on any atom is -0.382 e. The van der Waals surface area contributed by atoms with Crippen LogP contribution < -0.4 is 11.1 Å². The Morgan fingerprint density at radius 2 is 2.21 bits per heavy atom. The standard InChI is InChI=1S/C9H9BrF2N2/c10-6-3-1-2-5-8(6)14-4-7(13)9(5,11)12/h1-3,7,14H,4,13H2. The largest absolute Gasteiger partial charge is 0.382 e. The van der Waals surface area contributed by atoms with Crippen molar-refractivity contribution in [3.8, 4) is 0 Å². The molecule has 5 heteroatoms. The van der Waals surface area contributed by atoms with Crippen LogP contribution in [0.15, 0.2) is 22.7 Å². The summed E-state index contributed by atoms with van der Waals surface area (Å²) in [6, 6.07) is 3.53. The van der Waals surface area contributed by atoms with Gasteiger partial charge in [-0.3, -0.25) is 0 Å². The van der Waals surface area contributed by atoms with Crippen molar-refractivity contribution < 1.29 is 8.78 Å². The van der Waals surface area contributed by atoms with Crippen LogP contribution in [-0.4, -0.2) is 12.6 Å². The second-order valence-electron chi connectivity index (χ2n) is 3.27. The molecule has 0 amide bonds. The first kappa shape index (κ1) is 9.86. The summed E-state index contributed by atoms with van der Waals surface area (Å²) in [5, 5.41) is 2.88. The highest BCUT2D eigenvalue weighted by atomic mass is 79.9. The first-order chi connectivity index (χ1) is 6.53. The van der Waals surface area contributed by atoms with Crippen LogP contribution in [0.2, 0.25) is 0 Å². The lowest BCUT2D eigenvalue weighted by Gasteiger charge is -2.32. The van der Waals surface area contributed by atoms with Crippen molar-refractivity contribution in [2.45, 2.75) is 12.0 Å².